The predicted octanol–water partition coefficient (Wildman–Crippen LogP) is 11.6. The van der Waals surface area contributed by atoms with Crippen molar-refractivity contribution in [2.24, 2.45) is 5.92 Å². The molecule has 7 fully saturated rings. The van der Waals surface area contributed by atoms with Crippen molar-refractivity contribution in [2.75, 3.05) is 13.2 Å². The van der Waals surface area contributed by atoms with Crippen LogP contribution in [0.25, 0.3) is 27.6 Å². The summed E-state index contributed by atoms with van der Waals surface area (Å²) in [5.74, 6) is 2.91. The van der Waals surface area contributed by atoms with Gasteiger partial charge in [0.05, 0.1) is 128 Å². The van der Waals surface area contributed by atoms with Gasteiger partial charge in [-0.15, -0.1) is 12.4 Å². The quantitative estimate of drug-likeness (QED) is 0.0261. The molecule has 0 amide bonds. The zero-order valence-electron chi connectivity index (χ0n) is 58.0. The summed E-state index contributed by atoms with van der Waals surface area (Å²) >= 11 is 2.16. The van der Waals surface area contributed by atoms with Crippen molar-refractivity contribution < 1.29 is 76.5 Å². The number of hydrogen-bond donors (Lipinski definition) is 4. The summed E-state index contributed by atoms with van der Waals surface area (Å²) in [5, 5.41) is 36.9. The average molecular weight is 1500 g/mol. The van der Waals surface area contributed by atoms with Crippen LogP contribution in [0.4, 0.5) is 0 Å². The second-order valence-electron chi connectivity index (χ2n) is 25.4. The number of imidazole rings is 5. The smallest absolute Gasteiger partial charge is 1.00 e. The fraction of sp³-hybridized carbons (Fsp3) is 0.466. The fourth-order valence-corrected chi connectivity index (χ4v) is 12.9. The van der Waals surface area contributed by atoms with Crippen LogP contribution in [-0.2, 0) is 16.1 Å². The van der Waals surface area contributed by atoms with E-state index in [0.29, 0.717) is 59.8 Å². The van der Waals surface area contributed by atoms with Gasteiger partial charge in [0.2, 0.25) is 0 Å². The van der Waals surface area contributed by atoms with Crippen LogP contribution in [0, 0.1) is 15.9 Å². The fourth-order valence-electron chi connectivity index (χ4n) is 12.3. The van der Waals surface area contributed by atoms with Gasteiger partial charge in [0, 0.05) is 17.7 Å². The maximum atomic E-state index is 11.9. The van der Waals surface area contributed by atoms with Gasteiger partial charge in [-0.3, -0.25) is 18.0 Å². The van der Waals surface area contributed by atoms with Crippen LogP contribution in [-0.4, -0.2) is 144 Å². The number of aromatic nitrogens is 10. The molecule has 7 aliphatic rings. The van der Waals surface area contributed by atoms with E-state index in [-0.39, 0.29) is 116 Å². The number of aliphatic hydroxyl groups excluding tert-OH is 2. The minimum absolute atomic E-state index is 0. The second kappa shape index (κ2) is 41.2. The number of ether oxygens (including phenoxy) is 2. The van der Waals surface area contributed by atoms with Gasteiger partial charge in [-0.2, -0.15) is 12.8 Å². The number of carbonyl (C=O) groups excluding carboxylic acids is 3. The molecule has 4 radical (unpaired) electrons. The molecule has 0 saturated heterocycles. The van der Waals surface area contributed by atoms with Gasteiger partial charge in [-0.05, 0) is 219 Å². The molecule has 1 unspecified atom stereocenters. The summed E-state index contributed by atoms with van der Waals surface area (Å²) in [6.07, 6.45) is 46.0. The summed E-state index contributed by atoms with van der Waals surface area (Å²) in [6.45, 7) is 3.89. The van der Waals surface area contributed by atoms with Crippen LogP contribution in [0.15, 0.2) is 123 Å². The largest absolute Gasteiger partial charge is 2.00 e. The number of fused-ring (bicyclic) bond motifs is 5. The van der Waals surface area contributed by atoms with Gasteiger partial charge in [-0.1, -0.05) is 66.2 Å². The van der Waals surface area contributed by atoms with Crippen LogP contribution < -0.4 is 29.6 Å². The van der Waals surface area contributed by atoms with E-state index in [9.17, 15) is 24.6 Å². The van der Waals surface area contributed by atoms with Gasteiger partial charge in [0.1, 0.15) is 11.4 Å². The zero-order valence-corrected chi connectivity index (χ0v) is 62.4. The summed E-state index contributed by atoms with van der Waals surface area (Å²) in [7, 11) is 0.859. The number of pyridine rings is 5. The van der Waals surface area contributed by atoms with Gasteiger partial charge in [-0.25, -0.2) is 34.5 Å². The number of aldehydes is 1. The first-order chi connectivity index (χ1) is 45.4. The van der Waals surface area contributed by atoms with Crippen molar-refractivity contribution in [3.8, 4) is 0 Å². The number of halogens is 2. The minimum Gasteiger partial charge on any atom is -1.00 e. The third kappa shape index (κ3) is 23.2. The van der Waals surface area contributed by atoms with Crippen LogP contribution in [0.1, 0.15) is 255 Å². The summed E-state index contributed by atoms with van der Waals surface area (Å²) in [6, 6.07) is 20.6. The van der Waals surface area contributed by atoms with Crippen LogP contribution >= 0.6 is 35.0 Å². The van der Waals surface area contributed by atoms with E-state index in [2.05, 4.69) is 94.7 Å². The molecule has 518 valence electrons. The van der Waals surface area contributed by atoms with Crippen molar-refractivity contribution in [2.45, 2.75) is 199 Å². The Morgan fingerprint density at radius 3 is 1.42 bits per heavy atom. The van der Waals surface area contributed by atoms with E-state index < -0.39 is 6.81 Å². The first-order valence-corrected chi connectivity index (χ1v) is 34.5. The van der Waals surface area contributed by atoms with Gasteiger partial charge >= 0.3 is 64.5 Å². The number of esters is 2. The molecule has 10 heterocycles. The average Bonchev–Trinajstić information content (AvgIpc) is 1.68. The Hall–Kier alpha value is -5.12. The molecule has 7 aliphatic carbocycles. The molecule has 10 aromatic heterocycles. The Kier molecular flexibility index (Phi) is 35.2. The van der Waals surface area contributed by atoms with Gasteiger partial charge in [0.15, 0.2) is 6.29 Å². The number of carbonyl (C=O) groups is 3. The van der Waals surface area contributed by atoms with Gasteiger partial charge < -0.3 is 47.8 Å². The van der Waals surface area contributed by atoms with Crippen LogP contribution in [0.5, 0.6) is 0 Å². The Morgan fingerprint density at radius 1 is 0.596 bits per heavy atom. The molecule has 1 atom stereocenters. The maximum Gasteiger partial charge on any atom is 2.00 e. The Morgan fingerprint density at radius 2 is 1.00 bits per heavy atom. The molecule has 7 saturated carbocycles. The van der Waals surface area contributed by atoms with Crippen molar-refractivity contribution in [1.82, 2.24) is 46.9 Å². The molecule has 17 rings (SSSR count). The summed E-state index contributed by atoms with van der Waals surface area (Å²) in [5.41, 5.74) is 14.1. The van der Waals surface area contributed by atoms with E-state index in [1.807, 2.05) is 52.6 Å². The Labute approximate surface area is 646 Å². The number of hydrogen-bond acceptors (Lipinski definition) is 14. The predicted molar refractivity (Wildman–Crippen MR) is 402 cm³/mol. The molecule has 26 heteroatoms. The molecular formula is C73H96B3ClIMgN10NaO9. The monoisotopic (exact) mass is 1500 g/mol. The molecule has 99 heavy (non-hydrogen) atoms. The maximum absolute atomic E-state index is 11.9. The van der Waals surface area contributed by atoms with Gasteiger partial charge in [0.25, 0.3) is 14.2 Å². The Bertz CT molecular complexity index is 4130. The third-order valence-electron chi connectivity index (χ3n) is 18.2. The molecule has 0 bridgehead atoms. The number of rotatable bonds is 14. The molecule has 0 aliphatic heterocycles. The molecular weight excluding hydrogens is 1400 g/mol. The molecule has 0 aromatic carbocycles. The zero-order chi connectivity index (χ0) is 64.8. The van der Waals surface area contributed by atoms with Crippen molar-refractivity contribution in [3.05, 3.63) is 184 Å². The normalized spacial score (nSPS) is 16.1. The SMILES string of the molecule is C.C.CCOC(=O)c1cc(C2CC2)cc2cncn12.CCOC(=O)c1cc(I)cc2cncn12.Cl.O=Cc1cc(C2CC2)cc2cncn12.OC(c1cc(C2CC2)cc2cncn12)C1CCCCC1.OCc1cc(C2CC2)cc2cncn12.O[B]B(O)C1CC1.[B].[CH-]1CCCCC1.[H-].[H-].[Mg+2].[Na+]. The minimum atomic E-state index is -0.556. The van der Waals surface area contributed by atoms with Crippen molar-refractivity contribution in [3.63, 3.8) is 0 Å². The molecule has 4 N–H and O–H groups in total. The molecule has 10 aromatic rings. The first-order valence-electron chi connectivity index (χ1n) is 33.5. The van der Waals surface area contributed by atoms with Crippen molar-refractivity contribution in [1.29, 1.82) is 0 Å². The van der Waals surface area contributed by atoms with E-state index in [0.717, 1.165) is 87.8 Å². The van der Waals surface area contributed by atoms with E-state index in [1.54, 1.807) is 65.7 Å². The second-order valence-corrected chi connectivity index (χ2v) is 26.7. The molecule has 0 spiro atoms. The van der Waals surface area contributed by atoms with Crippen molar-refractivity contribution >= 4 is 126 Å². The number of aliphatic hydroxyl groups is 2. The standard InChI is InChI=1S/C17H22N2O.C13H14N2O2.C11H12N2O.C11H10N2O.C10H9IN2O2.C6H11.C3H7B2O2.2CH4.B.ClH.Mg.Na.2H/c20-17(13-4-2-1-3-5-13)16-9-14(12-6-7-12)8-15-10-18-11-19(15)16;1-2-17-13(16)12-6-10(9-3-4-9)5-11-7-14-8-15(11)12;2*14-6-11-4-9(8-1-2-8)3-10-5-12-7-13(10)11;1-2-15-10(14)9-4-7(11)3-8-5-12-6-13(8)9;1-2-4-6-5-3-1;6-4-5(7)3-1-2-3;;;;;;;;/h8-13,17,20H,1-7H2;5-9H,2-4H2,1H3;3-5,7-8,14H,1-2,6H2;3-8H,1-2H2;3-6H,2H2,1H3;1H,2-6H2;3,6-7H,1-2H2;2*1H4;;1H;;;;/q;;;;;-1;;;;;;+2;+1;2*-1. The summed E-state index contributed by atoms with van der Waals surface area (Å²) in [4.78, 5) is 54.8. The third-order valence-corrected chi connectivity index (χ3v) is 18.8. The van der Waals surface area contributed by atoms with E-state index >= 15 is 0 Å². The number of nitrogens with zero attached hydrogens (tertiary/aromatic N) is 10. The van der Waals surface area contributed by atoms with Crippen LogP contribution in [0.3, 0.4) is 0 Å². The van der Waals surface area contributed by atoms with E-state index in [4.69, 9.17) is 19.5 Å². The first kappa shape index (κ1) is 84.5. The molecule has 19 nitrogen and oxygen atoms in total. The summed E-state index contributed by atoms with van der Waals surface area (Å²) < 4.78 is 20.4. The van der Waals surface area contributed by atoms with Crippen LogP contribution in [0.2, 0.25) is 5.82 Å². The van der Waals surface area contributed by atoms with E-state index in [1.165, 1.54) is 125 Å². The topological polar surface area (TPSA) is 237 Å². The Balaban J connectivity index is 0.000000309.